The summed E-state index contributed by atoms with van der Waals surface area (Å²) in [5, 5.41) is 2.99. The number of nitrogens with zero attached hydrogens (tertiary/aromatic N) is 1. The second kappa shape index (κ2) is 8.31. The van der Waals surface area contributed by atoms with E-state index in [4.69, 9.17) is 18.4 Å². The third-order valence-corrected chi connectivity index (χ3v) is 3.47. The molecule has 0 aliphatic carbocycles. The van der Waals surface area contributed by atoms with Crippen molar-refractivity contribution in [2.45, 2.75) is 12.0 Å². The lowest BCUT2D eigenvalue weighted by Crippen LogP contribution is -2.24. The number of furan rings is 1. The summed E-state index contributed by atoms with van der Waals surface area (Å²) in [6.45, 7) is 2.00. The second-order valence-corrected chi connectivity index (χ2v) is 5.95. The number of carbonyl (C=O) groups is 1. The Kier molecular flexibility index (Phi) is 6.14. The average Bonchev–Trinajstić information content (AvgIpc) is 3.03. The Labute approximate surface area is 144 Å². The lowest BCUT2D eigenvalue weighted by molar-refractivity contribution is -0.123. The quantitative estimate of drug-likeness (QED) is 0.410. The molecule has 10 heteroatoms. The van der Waals surface area contributed by atoms with Crippen LogP contribution in [0.5, 0.6) is 11.5 Å². The highest BCUT2D eigenvalue weighted by Gasteiger charge is 2.14. The molecule has 1 amide bonds. The van der Waals surface area contributed by atoms with E-state index < -0.39 is 21.1 Å². The van der Waals surface area contributed by atoms with Crippen molar-refractivity contribution in [3.63, 3.8) is 0 Å². The molecule has 0 atom stereocenters. The van der Waals surface area contributed by atoms with E-state index in [1.807, 2.05) is 6.92 Å². The van der Waals surface area contributed by atoms with Crippen LogP contribution in [0.3, 0.4) is 0 Å². The van der Waals surface area contributed by atoms with Crippen LogP contribution in [0.4, 0.5) is 0 Å². The predicted octanol–water partition coefficient (Wildman–Crippen LogP) is 1.45. The van der Waals surface area contributed by atoms with Crippen molar-refractivity contribution in [2.24, 2.45) is 5.10 Å². The van der Waals surface area contributed by atoms with Crippen molar-refractivity contribution in [3.05, 3.63) is 42.2 Å². The van der Waals surface area contributed by atoms with E-state index in [2.05, 4.69) is 10.5 Å². The molecule has 0 bridgehead atoms. The largest absolute Gasteiger partial charge is 0.490 e. The van der Waals surface area contributed by atoms with Gasteiger partial charge in [-0.3, -0.25) is 9.35 Å². The zero-order chi connectivity index (χ0) is 18.3. The summed E-state index contributed by atoms with van der Waals surface area (Å²) in [6.07, 6.45) is 1.08. The van der Waals surface area contributed by atoms with Crippen molar-refractivity contribution in [1.29, 1.82) is 0 Å². The predicted molar refractivity (Wildman–Crippen MR) is 87.4 cm³/mol. The first-order valence-electron chi connectivity index (χ1n) is 7.14. The number of ether oxygens (including phenoxy) is 2. The monoisotopic (exact) mass is 368 g/mol. The first-order valence-corrected chi connectivity index (χ1v) is 8.58. The molecule has 2 N–H and O–H groups in total. The number of amides is 1. The topological polar surface area (TPSA) is 127 Å². The summed E-state index contributed by atoms with van der Waals surface area (Å²) in [7, 11) is -4.42. The zero-order valence-corrected chi connectivity index (χ0v) is 14.0. The van der Waals surface area contributed by atoms with Crippen LogP contribution in [0.2, 0.25) is 0 Å². The van der Waals surface area contributed by atoms with Crippen LogP contribution < -0.4 is 14.9 Å². The van der Waals surface area contributed by atoms with Crippen LogP contribution in [0.25, 0.3) is 0 Å². The van der Waals surface area contributed by atoms with E-state index in [0.717, 1.165) is 12.3 Å². The number of nitrogens with one attached hydrogen (secondary N) is 1. The number of carbonyl (C=O) groups excluding carboxylic acids is 1. The molecule has 0 saturated heterocycles. The Morgan fingerprint density at radius 2 is 1.92 bits per heavy atom. The number of rotatable bonds is 8. The molecule has 1 heterocycles. The van der Waals surface area contributed by atoms with E-state index in [-0.39, 0.29) is 12.4 Å². The van der Waals surface area contributed by atoms with E-state index in [1.165, 1.54) is 6.07 Å². The van der Waals surface area contributed by atoms with E-state index in [9.17, 15) is 13.2 Å². The van der Waals surface area contributed by atoms with Crippen LogP contribution in [0.1, 0.15) is 12.7 Å². The van der Waals surface area contributed by atoms with Crippen LogP contribution >= 0.6 is 0 Å². The molecule has 134 valence electrons. The molecule has 0 saturated carbocycles. The highest BCUT2D eigenvalue weighted by molar-refractivity contribution is 7.85. The summed E-state index contributed by atoms with van der Waals surface area (Å²) < 4.78 is 46.0. The summed E-state index contributed by atoms with van der Waals surface area (Å²) in [5.74, 6) is 0.446. The highest BCUT2D eigenvalue weighted by Crippen LogP contribution is 2.26. The minimum absolute atomic E-state index is 0.0375. The van der Waals surface area contributed by atoms with Crippen LogP contribution in [0, 0.1) is 0 Å². The average molecular weight is 368 g/mol. The van der Waals surface area contributed by atoms with E-state index in [1.54, 1.807) is 24.3 Å². The molecule has 0 aliphatic heterocycles. The normalized spacial score (nSPS) is 11.4. The fourth-order valence-corrected chi connectivity index (χ4v) is 2.17. The minimum atomic E-state index is -4.42. The van der Waals surface area contributed by atoms with Crippen molar-refractivity contribution in [1.82, 2.24) is 5.43 Å². The zero-order valence-electron chi connectivity index (χ0n) is 13.2. The van der Waals surface area contributed by atoms with Gasteiger partial charge >= 0.3 is 10.1 Å². The molecule has 0 fully saturated rings. The van der Waals surface area contributed by atoms with Gasteiger partial charge in [0.05, 0.1) is 12.8 Å². The van der Waals surface area contributed by atoms with Gasteiger partial charge in [0.2, 0.25) is 5.09 Å². The third-order valence-electron chi connectivity index (χ3n) is 2.75. The molecule has 0 radical (unpaired) electrons. The summed E-state index contributed by atoms with van der Waals surface area (Å²) in [6, 6.07) is 9.25. The van der Waals surface area contributed by atoms with Gasteiger partial charge in [-0.1, -0.05) is 12.1 Å². The first-order chi connectivity index (χ1) is 11.9. The lowest BCUT2D eigenvalue weighted by atomic mass is 10.3. The van der Waals surface area contributed by atoms with Gasteiger partial charge in [-0.25, -0.2) is 5.43 Å². The molecule has 0 aliphatic rings. The molecule has 9 nitrogen and oxygen atoms in total. The molecular formula is C15H16N2O7S. The Balaban J connectivity index is 1.86. The van der Waals surface area contributed by atoms with Crippen molar-refractivity contribution >= 4 is 22.2 Å². The molecule has 1 aromatic heterocycles. The summed E-state index contributed by atoms with van der Waals surface area (Å²) >= 11 is 0. The summed E-state index contributed by atoms with van der Waals surface area (Å²) in [4.78, 5) is 11.7. The smallest absolute Gasteiger partial charge is 0.328 e. The van der Waals surface area contributed by atoms with Gasteiger partial charge in [-0.15, -0.1) is 0 Å². The number of para-hydroxylation sites is 2. The second-order valence-electron chi connectivity index (χ2n) is 4.59. The van der Waals surface area contributed by atoms with E-state index in [0.29, 0.717) is 18.1 Å². The third kappa shape index (κ3) is 5.62. The lowest BCUT2D eigenvalue weighted by Gasteiger charge is -2.10. The van der Waals surface area contributed by atoms with Gasteiger partial charge in [0.25, 0.3) is 5.91 Å². The molecule has 25 heavy (non-hydrogen) atoms. The maximum absolute atomic E-state index is 11.7. The maximum Gasteiger partial charge on any atom is 0.328 e. The molecule has 0 unspecified atom stereocenters. The van der Waals surface area contributed by atoms with Crippen LogP contribution in [-0.2, 0) is 14.9 Å². The molecular weight excluding hydrogens is 352 g/mol. The van der Waals surface area contributed by atoms with Gasteiger partial charge in [0, 0.05) is 0 Å². The molecule has 0 spiro atoms. The van der Waals surface area contributed by atoms with Gasteiger partial charge < -0.3 is 13.9 Å². The molecule has 2 aromatic rings. The van der Waals surface area contributed by atoms with Crippen molar-refractivity contribution < 1.29 is 31.7 Å². The number of hydrogen-bond acceptors (Lipinski definition) is 7. The Morgan fingerprint density at radius 1 is 1.24 bits per heavy atom. The van der Waals surface area contributed by atoms with Gasteiger partial charge in [0.1, 0.15) is 5.76 Å². The van der Waals surface area contributed by atoms with Crippen molar-refractivity contribution in [3.8, 4) is 11.5 Å². The van der Waals surface area contributed by atoms with Gasteiger partial charge in [-0.05, 0) is 31.2 Å². The number of hydrazone groups is 1. The SMILES string of the molecule is CCOc1ccccc1OCC(=O)NN=Cc1ccc(S(=O)(=O)O)o1. The fraction of sp³-hybridized carbons (Fsp3) is 0.200. The Hall–Kier alpha value is -2.85. The number of hydrogen-bond donors (Lipinski definition) is 2. The van der Waals surface area contributed by atoms with E-state index >= 15 is 0 Å². The van der Waals surface area contributed by atoms with Crippen molar-refractivity contribution in [2.75, 3.05) is 13.2 Å². The first kappa shape index (κ1) is 18.5. The fourth-order valence-electron chi connectivity index (χ4n) is 1.73. The minimum Gasteiger partial charge on any atom is -0.490 e. The number of benzene rings is 1. The highest BCUT2D eigenvalue weighted by atomic mass is 32.2. The molecule has 1 aromatic carbocycles. The molecule has 2 rings (SSSR count). The van der Waals surface area contributed by atoms with Crippen LogP contribution in [-0.4, -0.2) is 38.3 Å². The maximum atomic E-state index is 11.7. The van der Waals surface area contributed by atoms with Gasteiger partial charge in [-0.2, -0.15) is 13.5 Å². The summed E-state index contributed by atoms with van der Waals surface area (Å²) in [5.41, 5.74) is 2.19. The Bertz CT molecular complexity index is 858. The Morgan fingerprint density at radius 3 is 2.52 bits per heavy atom. The van der Waals surface area contributed by atoms with Crippen LogP contribution in [0.15, 0.2) is 51.0 Å². The standard InChI is InChI=1S/C15H16N2O7S/c1-2-22-12-5-3-4-6-13(12)23-10-14(18)17-16-9-11-7-8-15(24-11)25(19,20)21/h3-9H,2,10H2,1H3,(H,17,18)(H,19,20,21). The van der Waals surface area contributed by atoms with Gasteiger partial charge in [0.15, 0.2) is 18.1 Å².